The standard InChI is InChI=1S/C20H22N6O3S/c1-28-15-8-10-16(11-9-15)29-19-17(7-4-12-21-19)22-18(27)13-30-20-23-24-25-26(20)14-5-2-3-6-14/h4,7-12,14H,2-3,5-6,13H2,1H3,(H,22,27). The van der Waals surface area contributed by atoms with Crippen LogP contribution in [0.2, 0.25) is 0 Å². The number of carbonyl (C=O) groups excluding carboxylic acids is 1. The molecular weight excluding hydrogens is 404 g/mol. The Morgan fingerprint density at radius 1 is 1.20 bits per heavy atom. The molecule has 0 atom stereocenters. The van der Waals surface area contributed by atoms with Crippen molar-refractivity contribution < 1.29 is 14.3 Å². The Labute approximate surface area is 178 Å². The fraction of sp³-hybridized carbons (Fsp3) is 0.350. The molecule has 1 amide bonds. The molecule has 1 fully saturated rings. The van der Waals surface area contributed by atoms with Gasteiger partial charge < -0.3 is 14.8 Å². The van der Waals surface area contributed by atoms with Crippen molar-refractivity contribution in [3.05, 3.63) is 42.6 Å². The normalized spacial score (nSPS) is 13.9. The van der Waals surface area contributed by atoms with Crippen LogP contribution in [0.25, 0.3) is 0 Å². The van der Waals surface area contributed by atoms with Crippen molar-refractivity contribution in [2.75, 3.05) is 18.2 Å². The molecule has 4 rings (SSSR count). The molecule has 1 N–H and O–H groups in total. The highest BCUT2D eigenvalue weighted by atomic mass is 32.2. The Balaban J connectivity index is 1.37. The zero-order valence-corrected chi connectivity index (χ0v) is 17.3. The van der Waals surface area contributed by atoms with Gasteiger partial charge in [0.2, 0.25) is 16.9 Å². The van der Waals surface area contributed by atoms with Gasteiger partial charge in [0, 0.05) is 6.20 Å². The molecule has 2 heterocycles. The van der Waals surface area contributed by atoms with E-state index in [2.05, 4.69) is 25.8 Å². The van der Waals surface area contributed by atoms with Crippen LogP contribution < -0.4 is 14.8 Å². The van der Waals surface area contributed by atoms with Gasteiger partial charge in [-0.1, -0.05) is 24.6 Å². The summed E-state index contributed by atoms with van der Waals surface area (Å²) >= 11 is 1.32. The van der Waals surface area contributed by atoms with Crippen LogP contribution >= 0.6 is 11.8 Å². The number of amides is 1. The minimum Gasteiger partial charge on any atom is -0.497 e. The van der Waals surface area contributed by atoms with Gasteiger partial charge in [0.1, 0.15) is 17.2 Å². The van der Waals surface area contributed by atoms with Crippen LogP contribution in [0.4, 0.5) is 5.69 Å². The van der Waals surface area contributed by atoms with E-state index in [0.29, 0.717) is 28.5 Å². The van der Waals surface area contributed by atoms with E-state index in [1.165, 1.54) is 24.6 Å². The maximum Gasteiger partial charge on any atom is 0.243 e. The Kier molecular flexibility index (Phi) is 6.43. The maximum absolute atomic E-state index is 12.5. The van der Waals surface area contributed by atoms with Crippen molar-refractivity contribution >= 4 is 23.4 Å². The number of tetrazole rings is 1. The van der Waals surface area contributed by atoms with Gasteiger partial charge >= 0.3 is 0 Å². The highest BCUT2D eigenvalue weighted by Crippen LogP contribution is 2.32. The predicted molar refractivity (Wildman–Crippen MR) is 112 cm³/mol. The van der Waals surface area contributed by atoms with Crippen LogP contribution in [0.15, 0.2) is 47.8 Å². The highest BCUT2D eigenvalue weighted by molar-refractivity contribution is 7.99. The van der Waals surface area contributed by atoms with Crippen molar-refractivity contribution in [2.45, 2.75) is 36.9 Å². The van der Waals surface area contributed by atoms with Crippen LogP contribution in [0.3, 0.4) is 0 Å². The van der Waals surface area contributed by atoms with Crippen LogP contribution in [-0.2, 0) is 4.79 Å². The zero-order valence-electron chi connectivity index (χ0n) is 16.5. The molecular formula is C20H22N6O3S. The van der Waals surface area contributed by atoms with Gasteiger partial charge in [0.15, 0.2) is 0 Å². The fourth-order valence-corrected chi connectivity index (χ4v) is 4.04. The number of rotatable bonds is 8. The van der Waals surface area contributed by atoms with Crippen LogP contribution in [0.1, 0.15) is 31.7 Å². The van der Waals surface area contributed by atoms with E-state index >= 15 is 0 Å². The highest BCUT2D eigenvalue weighted by Gasteiger charge is 2.22. The third kappa shape index (κ3) is 4.88. The van der Waals surface area contributed by atoms with E-state index < -0.39 is 0 Å². The molecule has 0 unspecified atom stereocenters. The average molecular weight is 427 g/mol. The fourth-order valence-electron chi connectivity index (χ4n) is 3.30. The maximum atomic E-state index is 12.5. The summed E-state index contributed by atoms with van der Waals surface area (Å²) < 4.78 is 12.8. The van der Waals surface area contributed by atoms with E-state index in [1.54, 1.807) is 49.7 Å². The average Bonchev–Trinajstić information content (AvgIpc) is 3.46. The molecule has 1 aliphatic carbocycles. The lowest BCUT2D eigenvalue weighted by molar-refractivity contribution is -0.113. The number of aromatic nitrogens is 5. The monoisotopic (exact) mass is 426 g/mol. The second-order valence-electron chi connectivity index (χ2n) is 6.81. The molecule has 0 bridgehead atoms. The van der Waals surface area contributed by atoms with E-state index in [-0.39, 0.29) is 11.7 Å². The number of carbonyl (C=O) groups is 1. The molecule has 0 radical (unpaired) electrons. The number of methoxy groups -OCH3 is 1. The number of nitrogens with one attached hydrogen (secondary N) is 1. The van der Waals surface area contributed by atoms with E-state index in [9.17, 15) is 4.79 Å². The van der Waals surface area contributed by atoms with Crippen molar-refractivity contribution in [3.63, 3.8) is 0 Å². The molecule has 2 aromatic heterocycles. The SMILES string of the molecule is COc1ccc(Oc2ncccc2NC(=O)CSc2nnnn2C2CCCC2)cc1. The summed E-state index contributed by atoms with van der Waals surface area (Å²) in [5, 5.41) is 15.5. The molecule has 156 valence electrons. The lowest BCUT2D eigenvalue weighted by Gasteiger charge is -2.12. The molecule has 30 heavy (non-hydrogen) atoms. The summed E-state index contributed by atoms with van der Waals surface area (Å²) in [5.41, 5.74) is 0.495. The number of anilines is 1. The van der Waals surface area contributed by atoms with E-state index in [4.69, 9.17) is 9.47 Å². The van der Waals surface area contributed by atoms with Gasteiger partial charge in [0.25, 0.3) is 0 Å². The lowest BCUT2D eigenvalue weighted by atomic mass is 10.3. The molecule has 9 nitrogen and oxygen atoms in total. The van der Waals surface area contributed by atoms with Crippen LogP contribution in [0.5, 0.6) is 17.4 Å². The van der Waals surface area contributed by atoms with Gasteiger partial charge in [-0.15, -0.1) is 5.10 Å². The Morgan fingerprint density at radius 3 is 2.73 bits per heavy atom. The first-order chi connectivity index (χ1) is 14.7. The summed E-state index contributed by atoms with van der Waals surface area (Å²) in [5.74, 6) is 1.64. The van der Waals surface area contributed by atoms with E-state index in [1.807, 2.05) is 4.68 Å². The predicted octanol–water partition coefficient (Wildman–Crippen LogP) is 3.71. The topological polar surface area (TPSA) is 104 Å². The first-order valence-electron chi connectivity index (χ1n) is 9.70. The van der Waals surface area contributed by atoms with Crippen LogP contribution in [0, 0.1) is 0 Å². The first-order valence-corrected chi connectivity index (χ1v) is 10.7. The third-order valence-electron chi connectivity index (χ3n) is 4.78. The minimum atomic E-state index is -0.187. The van der Waals surface area contributed by atoms with Crippen molar-refractivity contribution in [3.8, 4) is 17.4 Å². The van der Waals surface area contributed by atoms with E-state index in [0.717, 1.165) is 18.6 Å². The quantitative estimate of drug-likeness (QED) is 0.544. The Morgan fingerprint density at radius 2 is 1.97 bits per heavy atom. The third-order valence-corrected chi connectivity index (χ3v) is 5.72. The molecule has 1 aromatic carbocycles. The first kappa shape index (κ1) is 20.1. The number of thioether (sulfide) groups is 1. The smallest absolute Gasteiger partial charge is 0.243 e. The zero-order chi connectivity index (χ0) is 20.8. The van der Waals surface area contributed by atoms with Gasteiger partial charge in [-0.2, -0.15) is 0 Å². The second kappa shape index (κ2) is 9.57. The summed E-state index contributed by atoms with van der Waals surface area (Å²) in [6, 6.07) is 11.0. The second-order valence-corrected chi connectivity index (χ2v) is 7.76. The van der Waals surface area contributed by atoms with Gasteiger partial charge in [-0.05, 0) is 59.7 Å². The summed E-state index contributed by atoms with van der Waals surface area (Å²) in [4.78, 5) is 16.8. The van der Waals surface area contributed by atoms with Gasteiger partial charge in [0.05, 0.1) is 18.9 Å². The molecule has 0 spiro atoms. The molecule has 0 aliphatic heterocycles. The molecule has 0 saturated heterocycles. The lowest BCUT2D eigenvalue weighted by Crippen LogP contribution is -2.16. The summed E-state index contributed by atoms with van der Waals surface area (Å²) in [6.07, 6.45) is 6.14. The Hall–Kier alpha value is -3.14. The largest absolute Gasteiger partial charge is 0.497 e. The molecule has 1 aliphatic rings. The number of hydrogen-bond acceptors (Lipinski definition) is 8. The summed E-state index contributed by atoms with van der Waals surface area (Å²) in [7, 11) is 1.60. The van der Waals surface area contributed by atoms with Crippen LogP contribution in [-0.4, -0.2) is 44.0 Å². The van der Waals surface area contributed by atoms with Crippen molar-refractivity contribution in [1.82, 2.24) is 25.2 Å². The number of pyridine rings is 1. The number of nitrogens with zero attached hydrogens (tertiary/aromatic N) is 5. The summed E-state index contributed by atoms with van der Waals surface area (Å²) in [6.45, 7) is 0. The molecule has 1 saturated carbocycles. The van der Waals surface area contributed by atoms with Crippen molar-refractivity contribution in [1.29, 1.82) is 0 Å². The molecule has 3 aromatic rings. The number of hydrogen-bond donors (Lipinski definition) is 1. The number of ether oxygens (including phenoxy) is 2. The minimum absolute atomic E-state index is 0.184. The number of benzene rings is 1. The molecule has 10 heteroatoms. The van der Waals surface area contributed by atoms with Gasteiger partial charge in [-0.3, -0.25) is 4.79 Å². The van der Waals surface area contributed by atoms with Crippen molar-refractivity contribution in [2.24, 2.45) is 0 Å². The Bertz CT molecular complexity index is 988. The van der Waals surface area contributed by atoms with Gasteiger partial charge in [-0.25, -0.2) is 9.67 Å².